The Kier molecular flexibility index (Phi) is 10.2. The Morgan fingerprint density at radius 1 is 0.860 bits per heavy atom. The first kappa shape index (κ1) is 35.1. The minimum Gasteiger partial charge on any atom is -0.618 e. The number of rotatable bonds is 10. The number of aromatic nitrogens is 2. The van der Waals surface area contributed by atoms with Crippen LogP contribution in [0.5, 0.6) is 23.0 Å². The van der Waals surface area contributed by atoms with E-state index in [4.69, 9.17) is 28.4 Å². The Morgan fingerprint density at radius 2 is 1.54 bits per heavy atom. The van der Waals surface area contributed by atoms with Gasteiger partial charge in [-0.15, -0.1) is 0 Å². The first-order chi connectivity index (χ1) is 23.9. The molecule has 0 fully saturated rings. The summed E-state index contributed by atoms with van der Waals surface area (Å²) in [6, 6.07) is 19.5. The van der Waals surface area contributed by atoms with Gasteiger partial charge in [0.2, 0.25) is 11.4 Å². The number of methoxy groups -OCH3 is 4. The number of benzene rings is 3. The van der Waals surface area contributed by atoms with E-state index in [0.717, 1.165) is 0 Å². The maximum Gasteiger partial charge on any atom is 0.412 e. The van der Waals surface area contributed by atoms with Crippen molar-refractivity contribution in [1.82, 2.24) is 4.57 Å². The molecule has 1 amide bonds. The minimum absolute atomic E-state index is 0.0594. The number of pyridine rings is 2. The molecule has 0 bridgehead atoms. The van der Waals surface area contributed by atoms with Crippen molar-refractivity contribution in [2.24, 2.45) is 0 Å². The monoisotopic (exact) mass is 683 g/mol. The van der Waals surface area contributed by atoms with Crippen LogP contribution in [0.25, 0.3) is 27.6 Å². The molecule has 3 aromatic carbocycles. The number of amides is 1. The summed E-state index contributed by atoms with van der Waals surface area (Å²) in [6.45, 7) is 5.19. The summed E-state index contributed by atoms with van der Waals surface area (Å²) in [6.07, 6.45) is 0.711. The van der Waals surface area contributed by atoms with E-state index < -0.39 is 23.2 Å². The van der Waals surface area contributed by atoms with E-state index in [1.54, 1.807) is 93.6 Å². The summed E-state index contributed by atoms with van der Waals surface area (Å²) in [7, 11) is 5.63. The van der Waals surface area contributed by atoms with Crippen molar-refractivity contribution in [1.29, 1.82) is 0 Å². The van der Waals surface area contributed by atoms with E-state index in [-0.39, 0.29) is 17.7 Å². The van der Waals surface area contributed by atoms with Crippen molar-refractivity contribution < 1.29 is 42.7 Å². The van der Waals surface area contributed by atoms with Crippen LogP contribution in [0.4, 0.5) is 10.5 Å². The molecule has 0 radical (unpaired) electrons. The molecule has 5 aromatic rings. The van der Waals surface area contributed by atoms with E-state index in [1.165, 1.54) is 39.2 Å². The molecule has 0 saturated carbocycles. The van der Waals surface area contributed by atoms with Gasteiger partial charge in [-0.25, -0.2) is 9.59 Å². The van der Waals surface area contributed by atoms with E-state index in [1.807, 2.05) is 0 Å². The average molecular weight is 684 g/mol. The number of carbonyl (C=O) groups excluding carboxylic acids is 2. The number of nitrogens with zero attached hydrogens (tertiary/aromatic N) is 2. The molecule has 0 spiro atoms. The Morgan fingerprint density at radius 3 is 2.12 bits per heavy atom. The van der Waals surface area contributed by atoms with E-state index >= 15 is 0 Å². The van der Waals surface area contributed by atoms with Crippen molar-refractivity contribution >= 4 is 28.5 Å². The molecule has 0 aliphatic rings. The molecule has 260 valence electrons. The van der Waals surface area contributed by atoms with E-state index in [2.05, 4.69) is 5.32 Å². The maximum atomic E-state index is 14.5. The molecule has 50 heavy (non-hydrogen) atoms. The van der Waals surface area contributed by atoms with Crippen LogP contribution in [0.3, 0.4) is 0 Å². The Balaban J connectivity index is 1.76. The zero-order chi connectivity index (χ0) is 36.2. The third kappa shape index (κ3) is 7.26. The lowest BCUT2D eigenvalue weighted by atomic mass is 9.95. The minimum atomic E-state index is -0.798. The van der Waals surface area contributed by atoms with Gasteiger partial charge in [-0.1, -0.05) is 0 Å². The van der Waals surface area contributed by atoms with Crippen LogP contribution in [0.15, 0.2) is 83.8 Å². The van der Waals surface area contributed by atoms with Crippen molar-refractivity contribution in [3.8, 4) is 39.8 Å². The number of esters is 1. The number of hydrogen-bond donors (Lipinski definition) is 1. The Hall–Kier alpha value is -6.24. The SMILES string of the molecule is COC(=O)c1c(-c2cc(OC)c(OC)c(OC)c2)c2ccc(OCc3cccc[n+]3[O-])cc2c(=O)n1-c1ccc(NC(=O)OC(C)(C)C)cc1. The quantitative estimate of drug-likeness (QED) is 0.105. The van der Waals surface area contributed by atoms with Crippen LogP contribution in [0.2, 0.25) is 0 Å². The van der Waals surface area contributed by atoms with Crippen molar-refractivity contribution in [3.63, 3.8) is 0 Å². The normalized spacial score (nSPS) is 11.1. The summed E-state index contributed by atoms with van der Waals surface area (Å²) in [5, 5.41) is 15.5. The first-order valence-corrected chi connectivity index (χ1v) is 15.4. The molecular weight excluding hydrogens is 646 g/mol. The molecule has 0 aliphatic carbocycles. The number of hydrogen-bond acceptors (Lipinski definition) is 10. The number of carbonyl (C=O) groups is 2. The van der Waals surface area contributed by atoms with Gasteiger partial charge < -0.3 is 33.6 Å². The lowest BCUT2D eigenvalue weighted by molar-refractivity contribution is -0.616. The zero-order valence-corrected chi connectivity index (χ0v) is 28.7. The second kappa shape index (κ2) is 14.5. The van der Waals surface area contributed by atoms with Gasteiger partial charge in [0.05, 0.1) is 33.8 Å². The van der Waals surface area contributed by atoms with Crippen LogP contribution in [-0.2, 0) is 16.1 Å². The van der Waals surface area contributed by atoms with E-state index in [9.17, 15) is 19.6 Å². The highest BCUT2D eigenvalue weighted by molar-refractivity contribution is 6.08. The van der Waals surface area contributed by atoms with Gasteiger partial charge in [-0.05, 0) is 92.4 Å². The summed E-state index contributed by atoms with van der Waals surface area (Å²) in [5.41, 5.74) is 0.481. The predicted molar refractivity (Wildman–Crippen MR) is 186 cm³/mol. The van der Waals surface area contributed by atoms with Gasteiger partial charge in [0.1, 0.15) is 17.0 Å². The van der Waals surface area contributed by atoms with Gasteiger partial charge in [0.25, 0.3) is 5.56 Å². The number of anilines is 1. The molecule has 2 heterocycles. The van der Waals surface area contributed by atoms with Gasteiger partial charge >= 0.3 is 12.1 Å². The standard InChI is InChI=1S/C37H37N3O10/c1-37(2,3)50-36(43)38-23-11-13-24(14-12-23)40-32(35(42)48-7)31(22-18-29(45-4)33(47-6)30(19-22)46-5)27-16-15-26(20-28(27)34(40)41)49-21-25-10-8-9-17-39(25)44/h8-20H,21H2,1-7H3,(H,38,43). The molecule has 13 heteroatoms. The van der Waals surface area contributed by atoms with Crippen LogP contribution < -0.4 is 34.6 Å². The fourth-order valence-electron chi connectivity index (χ4n) is 5.37. The molecule has 13 nitrogen and oxygen atoms in total. The van der Waals surface area contributed by atoms with Crippen molar-refractivity contribution in [3.05, 3.63) is 106 Å². The largest absolute Gasteiger partial charge is 0.618 e. The highest BCUT2D eigenvalue weighted by Crippen LogP contribution is 2.44. The number of ether oxygens (including phenoxy) is 6. The second-order valence-electron chi connectivity index (χ2n) is 12.0. The molecule has 2 aromatic heterocycles. The molecule has 0 saturated heterocycles. The summed E-state index contributed by atoms with van der Waals surface area (Å²) >= 11 is 0. The highest BCUT2D eigenvalue weighted by Gasteiger charge is 2.27. The van der Waals surface area contributed by atoms with Crippen molar-refractivity contribution in [2.45, 2.75) is 33.0 Å². The molecule has 0 unspecified atom stereocenters. The second-order valence-corrected chi connectivity index (χ2v) is 12.0. The van der Waals surface area contributed by atoms with E-state index in [0.29, 0.717) is 61.3 Å². The highest BCUT2D eigenvalue weighted by atomic mass is 16.6. The molecule has 5 rings (SSSR count). The number of nitrogens with one attached hydrogen (secondary N) is 1. The zero-order valence-electron chi connectivity index (χ0n) is 28.7. The Bertz CT molecular complexity index is 2090. The number of fused-ring (bicyclic) bond motifs is 1. The van der Waals surface area contributed by atoms with Gasteiger partial charge in [0, 0.05) is 29.1 Å². The maximum absolute atomic E-state index is 14.5. The molecular formula is C37H37N3O10. The molecule has 0 aliphatic heterocycles. The summed E-state index contributed by atoms with van der Waals surface area (Å²) in [4.78, 5) is 40.6. The van der Waals surface area contributed by atoms with Gasteiger partial charge in [-0.2, -0.15) is 4.73 Å². The predicted octanol–water partition coefficient (Wildman–Crippen LogP) is 6.03. The lowest BCUT2D eigenvalue weighted by Crippen LogP contribution is -2.31. The fourth-order valence-corrected chi connectivity index (χ4v) is 5.37. The topological polar surface area (TPSA) is 150 Å². The summed E-state index contributed by atoms with van der Waals surface area (Å²) in [5.74, 6) is 0.470. The third-order valence-corrected chi connectivity index (χ3v) is 7.55. The van der Waals surface area contributed by atoms with Crippen LogP contribution in [-0.4, -0.2) is 50.7 Å². The molecule has 1 N–H and O–H groups in total. The van der Waals surface area contributed by atoms with Crippen LogP contribution >= 0.6 is 0 Å². The van der Waals surface area contributed by atoms with Crippen LogP contribution in [0, 0.1) is 5.21 Å². The lowest BCUT2D eigenvalue weighted by Gasteiger charge is -2.21. The van der Waals surface area contributed by atoms with Crippen molar-refractivity contribution in [2.75, 3.05) is 33.8 Å². The van der Waals surface area contributed by atoms with Gasteiger partial charge in [0.15, 0.2) is 24.3 Å². The Labute approximate surface area is 288 Å². The molecule has 0 atom stereocenters. The third-order valence-electron chi connectivity index (χ3n) is 7.55. The smallest absolute Gasteiger partial charge is 0.412 e. The van der Waals surface area contributed by atoms with Crippen LogP contribution in [0.1, 0.15) is 37.0 Å². The average Bonchev–Trinajstić information content (AvgIpc) is 3.09. The fraction of sp³-hybridized carbons (Fsp3) is 0.243. The van der Waals surface area contributed by atoms with Gasteiger partial charge in [-0.3, -0.25) is 14.7 Å². The summed E-state index contributed by atoms with van der Waals surface area (Å²) < 4.78 is 35.2. The first-order valence-electron chi connectivity index (χ1n) is 15.4.